The summed E-state index contributed by atoms with van der Waals surface area (Å²) in [6.07, 6.45) is 20.7. The molecule has 2 rings (SSSR count). The van der Waals surface area contributed by atoms with Gasteiger partial charge in [-0.2, -0.15) is 0 Å². The zero-order valence-electron chi connectivity index (χ0n) is 31.7. The molecule has 0 aromatic carbocycles. The molecule has 0 heterocycles. The topological polar surface area (TPSA) is 0 Å². The zero-order chi connectivity index (χ0) is 34.2. The molecule has 4 heteroatoms. The van der Waals surface area contributed by atoms with E-state index in [4.69, 9.17) is 0 Å². The van der Waals surface area contributed by atoms with Crippen LogP contribution in [0.25, 0.3) is 0 Å². The van der Waals surface area contributed by atoms with E-state index < -0.39 is 0 Å². The molecule has 16 atom stereocenters. The maximum atomic E-state index is 3.10. The van der Waals surface area contributed by atoms with Crippen molar-refractivity contribution in [1.82, 2.24) is 0 Å². The third-order valence-corrected chi connectivity index (χ3v) is 13.3. The van der Waals surface area contributed by atoms with Crippen molar-refractivity contribution in [1.29, 1.82) is 0 Å². The Morgan fingerprint density at radius 3 is 0.711 bits per heavy atom. The quantitative estimate of drug-likeness (QED) is 0.141. The first-order chi connectivity index (χ1) is 21.1. The molecule has 0 radical (unpaired) electrons. The first-order valence-electron chi connectivity index (χ1n) is 18.8. The van der Waals surface area contributed by atoms with E-state index in [9.17, 15) is 0 Å². The first-order valence-corrected chi connectivity index (χ1v) is 21.5. The van der Waals surface area contributed by atoms with Crippen molar-refractivity contribution in [3.63, 3.8) is 0 Å². The summed E-state index contributed by atoms with van der Waals surface area (Å²) in [6, 6.07) is 0. The van der Waals surface area contributed by atoms with E-state index in [2.05, 4.69) is 144 Å². The minimum atomic E-state index is 0.188. The summed E-state index contributed by atoms with van der Waals surface area (Å²) in [5, 5.41) is 0. The average molecular weight is 693 g/mol. The van der Waals surface area contributed by atoms with E-state index in [1.807, 2.05) is 0 Å². The number of allylic oxidation sites excluding steroid dienone is 8. The molecule has 0 saturated heterocycles. The van der Waals surface area contributed by atoms with Crippen LogP contribution in [0, 0.1) is 52.8 Å². The Hall–Kier alpha value is 0.680. The second-order valence-corrected chi connectivity index (χ2v) is 20.6. The average Bonchev–Trinajstić information content (AvgIpc) is 3.44. The van der Waals surface area contributed by atoms with Crippen molar-refractivity contribution in [3.8, 4) is 0 Å². The van der Waals surface area contributed by atoms with Crippen LogP contribution in [0.2, 0.25) is 0 Å². The molecule has 0 amide bonds. The normalized spacial score (nSPS) is 34.5. The summed E-state index contributed by atoms with van der Waals surface area (Å²) in [5.41, 5.74) is 9.67. The summed E-state index contributed by atoms with van der Waals surface area (Å²) >= 11 is 0. The van der Waals surface area contributed by atoms with Gasteiger partial charge in [0, 0.05) is 0 Å². The maximum absolute atomic E-state index is 3.10. The van der Waals surface area contributed by atoms with Crippen LogP contribution in [0.5, 0.6) is 0 Å². The van der Waals surface area contributed by atoms with Crippen molar-refractivity contribution < 1.29 is 0 Å². The first kappa shape index (κ1) is 41.8. The van der Waals surface area contributed by atoms with Gasteiger partial charge in [0.2, 0.25) is 0 Å². The van der Waals surface area contributed by atoms with E-state index in [-0.39, 0.29) is 5.41 Å². The monoisotopic (exact) mass is 692 g/mol. The minimum absolute atomic E-state index is 0.188. The van der Waals surface area contributed by atoms with Crippen LogP contribution in [-0.4, -0.2) is 22.6 Å². The standard InChI is InChI=1S/C41H76P4/c1-13-33-34(14-2)38(26(6)18-22-30(10)43)41(37(33)25(5)17-21-29(9)42)39(27(7)19-23-31(11)44)35(15-3)36(16-4)40(41)28(8)20-24-32(12)45/h13-16,25-32,37-40H,17-24,42-45H2,1-12H3/b33-13+,34-14+,35-15+,36-16+/t25-,26-,27-,28-,29-,30-,31-,32-,37?,38?,39?,40?,41?/m0/s1. The van der Waals surface area contributed by atoms with Gasteiger partial charge in [0.15, 0.2) is 0 Å². The third kappa shape index (κ3) is 9.48. The molecular weight excluding hydrogens is 616 g/mol. The van der Waals surface area contributed by atoms with Crippen molar-refractivity contribution in [3.05, 3.63) is 46.6 Å². The molecule has 0 aromatic rings. The van der Waals surface area contributed by atoms with Gasteiger partial charge >= 0.3 is 0 Å². The summed E-state index contributed by atoms with van der Waals surface area (Å²) < 4.78 is 0. The fourth-order valence-electron chi connectivity index (χ4n) is 10.3. The van der Waals surface area contributed by atoms with Gasteiger partial charge in [0.05, 0.1) is 0 Å². The number of rotatable bonds is 16. The molecule has 1 spiro atoms. The summed E-state index contributed by atoms with van der Waals surface area (Å²) in [7, 11) is 12.4. The van der Waals surface area contributed by atoms with Gasteiger partial charge in [0.25, 0.3) is 0 Å². The van der Waals surface area contributed by atoms with Crippen molar-refractivity contribution in [2.24, 2.45) is 52.8 Å². The summed E-state index contributed by atoms with van der Waals surface area (Å²) in [4.78, 5) is 0. The molecule has 0 bridgehead atoms. The van der Waals surface area contributed by atoms with Gasteiger partial charge < -0.3 is 0 Å². The maximum Gasteiger partial charge on any atom is -0.00126 e. The van der Waals surface area contributed by atoms with Gasteiger partial charge in [-0.25, -0.2) is 0 Å². The third-order valence-electron chi connectivity index (χ3n) is 12.0. The van der Waals surface area contributed by atoms with Gasteiger partial charge in [-0.1, -0.05) is 79.7 Å². The van der Waals surface area contributed by atoms with Crippen LogP contribution in [0.1, 0.15) is 134 Å². The molecule has 2 fully saturated rings. The molecular formula is C41H76P4. The lowest BCUT2D eigenvalue weighted by molar-refractivity contribution is -0.0379. The Kier molecular flexibility index (Phi) is 17.8. The Bertz CT molecular complexity index is 863. The zero-order valence-corrected chi connectivity index (χ0v) is 36.3. The van der Waals surface area contributed by atoms with Crippen molar-refractivity contribution in [2.45, 2.75) is 157 Å². The van der Waals surface area contributed by atoms with E-state index in [0.29, 0.717) is 70.0 Å². The van der Waals surface area contributed by atoms with Crippen LogP contribution in [0.3, 0.4) is 0 Å². The molecule has 2 saturated carbocycles. The summed E-state index contributed by atoms with van der Waals surface area (Å²) in [6.45, 7) is 29.6. The summed E-state index contributed by atoms with van der Waals surface area (Å²) in [5.74, 6) is 4.89. The molecule has 0 aliphatic heterocycles. The number of hydrogen-bond acceptors (Lipinski definition) is 0. The van der Waals surface area contributed by atoms with Crippen LogP contribution in [0.4, 0.5) is 0 Å². The second-order valence-electron chi connectivity index (χ2n) is 16.0. The number of hydrogen-bond donors (Lipinski definition) is 0. The van der Waals surface area contributed by atoms with Crippen LogP contribution in [-0.2, 0) is 0 Å². The highest BCUT2D eigenvalue weighted by molar-refractivity contribution is 7.18. The van der Waals surface area contributed by atoms with E-state index in [1.54, 1.807) is 22.3 Å². The molecule has 0 N–H and O–H groups in total. The highest BCUT2D eigenvalue weighted by Gasteiger charge is 2.69. The molecule has 2 aliphatic carbocycles. The fraction of sp³-hybridized carbons (Fsp3) is 0.805. The molecule has 260 valence electrons. The molecule has 8 unspecified atom stereocenters. The Balaban J connectivity index is 3.12. The van der Waals surface area contributed by atoms with Crippen LogP contribution >= 0.6 is 37.0 Å². The molecule has 2 aliphatic rings. The Morgan fingerprint density at radius 1 is 0.400 bits per heavy atom. The van der Waals surface area contributed by atoms with Crippen LogP contribution < -0.4 is 0 Å². The molecule has 45 heavy (non-hydrogen) atoms. The van der Waals surface area contributed by atoms with Gasteiger partial charge in [-0.15, -0.1) is 37.0 Å². The van der Waals surface area contributed by atoms with E-state index >= 15 is 0 Å². The lowest BCUT2D eigenvalue weighted by atomic mass is 9.50. The lowest BCUT2D eigenvalue weighted by Crippen LogP contribution is -2.50. The van der Waals surface area contributed by atoms with Gasteiger partial charge in [-0.3, -0.25) is 0 Å². The predicted molar refractivity (Wildman–Crippen MR) is 222 cm³/mol. The SMILES string of the molecule is C/C=C1\C(=C/C)C([C@@H](C)CC[C@H](C)P)C2(C1[C@@H](C)CC[C@H](C)P)C([C@@H](C)CC[C@H](C)P)C(=C/C)/C(=C\C)C2[C@@H](C)CC[C@H](C)P. The fourth-order valence-corrected chi connectivity index (χ4v) is 11.1. The highest BCUT2D eigenvalue weighted by Crippen LogP contribution is 2.75. The largest absolute Gasteiger partial charge is 0.135 e. The second kappa shape index (κ2) is 19.2. The molecule has 0 aromatic heterocycles. The Labute approximate surface area is 292 Å². The van der Waals surface area contributed by atoms with Crippen molar-refractivity contribution in [2.75, 3.05) is 0 Å². The van der Waals surface area contributed by atoms with Gasteiger partial charge in [-0.05, 0) is 177 Å². The predicted octanol–water partition coefficient (Wildman–Crippen LogP) is 13.0. The van der Waals surface area contributed by atoms with Gasteiger partial charge in [0.1, 0.15) is 0 Å². The smallest absolute Gasteiger partial charge is 0.00126 e. The lowest BCUT2D eigenvalue weighted by Gasteiger charge is -2.53. The highest BCUT2D eigenvalue weighted by atomic mass is 31.0. The van der Waals surface area contributed by atoms with E-state index in [0.717, 1.165) is 0 Å². The van der Waals surface area contributed by atoms with Crippen molar-refractivity contribution >= 4 is 37.0 Å². The molecule has 0 nitrogen and oxygen atoms in total. The Morgan fingerprint density at radius 2 is 0.578 bits per heavy atom. The van der Waals surface area contributed by atoms with E-state index in [1.165, 1.54) is 51.4 Å². The minimum Gasteiger partial charge on any atom is -0.135 e. The van der Waals surface area contributed by atoms with Crippen LogP contribution in [0.15, 0.2) is 46.6 Å².